The summed E-state index contributed by atoms with van der Waals surface area (Å²) < 4.78 is 27.1. The van der Waals surface area contributed by atoms with Gasteiger partial charge in [-0.25, -0.2) is 13.1 Å². The Bertz CT molecular complexity index is 509. The van der Waals surface area contributed by atoms with Gasteiger partial charge < -0.3 is 5.32 Å². The van der Waals surface area contributed by atoms with Crippen LogP contribution in [0, 0.1) is 5.92 Å². The first-order valence-electron chi connectivity index (χ1n) is 7.58. The predicted molar refractivity (Wildman–Crippen MR) is 84.4 cm³/mol. The average molecular weight is 316 g/mol. The fraction of sp³-hybridized carbons (Fsp3) is 0.786. The summed E-state index contributed by atoms with van der Waals surface area (Å²) in [5.41, 5.74) is 0.665. The Kier molecular flexibility index (Phi) is 7.34. The summed E-state index contributed by atoms with van der Waals surface area (Å²) in [6.45, 7) is 9.32. The highest BCUT2D eigenvalue weighted by atomic mass is 32.2. The number of nitrogens with zero attached hydrogens (tertiary/aromatic N) is 1. The van der Waals surface area contributed by atoms with Gasteiger partial charge >= 0.3 is 0 Å². The van der Waals surface area contributed by atoms with Crippen molar-refractivity contribution in [3.05, 3.63) is 11.8 Å². The minimum absolute atomic E-state index is 0.166. The molecule has 1 rings (SSSR count). The SMILES string of the molecule is CC(C)CCCCNS(=O)(=O)c1[nH]ncc1CNC(C)C. The second-order valence-electron chi connectivity index (χ2n) is 6.05. The van der Waals surface area contributed by atoms with E-state index in [1.165, 1.54) is 0 Å². The molecule has 122 valence electrons. The molecule has 21 heavy (non-hydrogen) atoms. The first-order valence-corrected chi connectivity index (χ1v) is 9.06. The van der Waals surface area contributed by atoms with Gasteiger partial charge in [0.2, 0.25) is 0 Å². The summed E-state index contributed by atoms with van der Waals surface area (Å²) in [6.07, 6.45) is 4.56. The molecule has 1 heterocycles. The van der Waals surface area contributed by atoms with Crippen molar-refractivity contribution in [3.63, 3.8) is 0 Å². The Hall–Kier alpha value is -0.920. The smallest absolute Gasteiger partial charge is 0.257 e. The zero-order valence-corrected chi connectivity index (χ0v) is 14.3. The van der Waals surface area contributed by atoms with Crippen LogP contribution in [0.5, 0.6) is 0 Å². The van der Waals surface area contributed by atoms with Crippen LogP contribution < -0.4 is 10.0 Å². The summed E-state index contributed by atoms with van der Waals surface area (Å²) in [6, 6.07) is 0.291. The number of H-pyrrole nitrogens is 1. The van der Waals surface area contributed by atoms with Crippen molar-refractivity contribution < 1.29 is 8.42 Å². The maximum Gasteiger partial charge on any atom is 0.257 e. The molecule has 0 saturated heterocycles. The van der Waals surface area contributed by atoms with E-state index in [-0.39, 0.29) is 5.03 Å². The predicted octanol–water partition coefficient (Wildman–Crippen LogP) is 2.01. The molecular weight excluding hydrogens is 288 g/mol. The number of hydrogen-bond donors (Lipinski definition) is 3. The van der Waals surface area contributed by atoms with Crippen molar-refractivity contribution in [1.82, 2.24) is 20.2 Å². The zero-order valence-electron chi connectivity index (χ0n) is 13.4. The minimum Gasteiger partial charge on any atom is -0.310 e. The van der Waals surface area contributed by atoms with Crippen molar-refractivity contribution in [3.8, 4) is 0 Å². The van der Waals surface area contributed by atoms with Gasteiger partial charge in [0.1, 0.15) is 0 Å². The average Bonchev–Trinajstić information content (AvgIpc) is 2.84. The molecule has 0 unspecified atom stereocenters. The third-order valence-electron chi connectivity index (χ3n) is 3.15. The molecule has 1 aromatic rings. The van der Waals surface area contributed by atoms with Crippen LogP contribution in [0.25, 0.3) is 0 Å². The highest BCUT2D eigenvalue weighted by molar-refractivity contribution is 7.89. The van der Waals surface area contributed by atoms with Crippen molar-refractivity contribution >= 4 is 10.0 Å². The van der Waals surface area contributed by atoms with Crippen LogP contribution in [0.15, 0.2) is 11.2 Å². The van der Waals surface area contributed by atoms with Crippen LogP contribution in [0.3, 0.4) is 0 Å². The fourth-order valence-electron chi connectivity index (χ4n) is 1.93. The molecule has 0 fully saturated rings. The maximum atomic E-state index is 12.2. The van der Waals surface area contributed by atoms with E-state index in [0.717, 1.165) is 19.3 Å². The summed E-state index contributed by atoms with van der Waals surface area (Å²) in [5.74, 6) is 0.655. The summed E-state index contributed by atoms with van der Waals surface area (Å²) in [5, 5.41) is 9.80. The van der Waals surface area contributed by atoms with Gasteiger partial charge in [-0.1, -0.05) is 40.5 Å². The van der Waals surface area contributed by atoms with Crippen LogP contribution in [-0.4, -0.2) is 31.2 Å². The maximum absolute atomic E-state index is 12.2. The summed E-state index contributed by atoms with van der Waals surface area (Å²) >= 11 is 0. The van der Waals surface area contributed by atoms with E-state index in [1.54, 1.807) is 6.20 Å². The van der Waals surface area contributed by atoms with E-state index in [0.29, 0.717) is 30.6 Å². The van der Waals surface area contributed by atoms with Gasteiger partial charge in [-0.3, -0.25) is 5.10 Å². The zero-order chi connectivity index (χ0) is 15.9. The van der Waals surface area contributed by atoms with E-state index in [9.17, 15) is 8.42 Å². The van der Waals surface area contributed by atoms with Crippen LogP contribution in [0.1, 0.15) is 52.5 Å². The Morgan fingerprint density at radius 1 is 1.24 bits per heavy atom. The van der Waals surface area contributed by atoms with E-state index in [4.69, 9.17) is 0 Å². The van der Waals surface area contributed by atoms with E-state index in [2.05, 4.69) is 34.1 Å². The lowest BCUT2D eigenvalue weighted by molar-refractivity contribution is 0.529. The second-order valence-corrected chi connectivity index (χ2v) is 7.75. The molecular formula is C14H28N4O2S. The highest BCUT2D eigenvalue weighted by Gasteiger charge is 2.20. The molecule has 0 aliphatic carbocycles. The monoisotopic (exact) mass is 316 g/mol. The molecule has 0 spiro atoms. The Morgan fingerprint density at radius 3 is 2.57 bits per heavy atom. The van der Waals surface area contributed by atoms with Gasteiger partial charge in [-0.15, -0.1) is 0 Å². The molecule has 0 radical (unpaired) electrons. The number of unbranched alkanes of at least 4 members (excludes halogenated alkanes) is 1. The Balaban J connectivity index is 2.52. The Labute approximate surface area is 128 Å². The van der Waals surface area contributed by atoms with Crippen molar-refractivity contribution in [2.45, 2.75) is 64.6 Å². The number of nitrogens with one attached hydrogen (secondary N) is 3. The third-order valence-corrected chi connectivity index (χ3v) is 4.62. The van der Waals surface area contributed by atoms with Crippen molar-refractivity contribution in [2.75, 3.05) is 6.54 Å². The van der Waals surface area contributed by atoms with Gasteiger partial charge in [-0.2, -0.15) is 5.10 Å². The largest absolute Gasteiger partial charge is 0.310 e. The molecule has 0 amide bonds. The third kappa shape index (κ3) is 6.58. The minimum atomic E-state index is -3.50. The second kappa shape index (κ2) is 8.51. The van der Waals surface area contributed by atoms with E-state index >= 15 is 0 Å². The molecule has 3 N–H and O–H groups in total. The molecule has 0 atom stereocenters. The molecule has 0 aromatic carbocycles. The molecule has 7 heteroatoms. The van der Waals surface area contributed by atoms with Crippen molar-refractivity contribution in [2.24, 2.45) is 5.92 Å². The standard InChI is InChI=1S/C14H28N4O2S/c1-11(2)7-5-6-8-17-21(19,20)14-13(10-16-18-14)9-15-12(3)4/h10-12,15,17H,5-9H2,1-4H3,(H,16,18). The highest BCUT2D eigenvalue weighted by Crippen LogP contribution is 2.12. The van der Waals surface area contributed by atoms with Gasteiger partial charge in [0, 0.05) is 24.7 Å². The Morgan fingerprint density at radius 2 is 1.95 bits per heavy atom. The van der Waals surface area contributed by atoms with Gasteiger partial charge in [-0.05, 0) is 12.3 Å². The molecule has 6 nitrogen and oxygen atoms in total. The van der Waals surface area contributed by atoms with Crippen molar-refractivity contribution in [1.29, 1.82) is 0 Å². The normalized spacial score (nSPS) is 12.5. The first kappa shape index (κ1) is 18.1. The molecule has 0 bridgehead atoms. The summed E-state index contributed by atoms with van der Waals surface area (Å²) in [4.78, 5) is 0. The quantitative estimate of drug-likeness (QED) is 0.576. The van der Waals surface area contributed by atoms with Gasteiger partial charge in [0.05, 0.1) is 6.20 Å². The number of sulfonamides is 1. The lowest BCUT2D eigenvalue weighted by Gasteiger charge is -2.10. The van der Waals surface area contributed by atoms with E-state index in [1.807, 2.05) is 13.8 Å². The number of aromatic nitrogens is 2. The molecule has 0 aliphatic rings. The first-order chi connectivity index (χ1) is 9.83. The van der Waals surface area contributed by atoms with Crippen LogP contribution in [0.2, 0.25) is 0 Å². The fourth-order valence-corrected chi connectivity index (χ4v) is 3.13. The molecule has 1 aromatic heterocycles. The van der Waals surface area contributed by atoms with Crippen LogP contribution in [0.4, 0.5) is 0 Å². The lowest BCUT2D eigenvalue weighted by atomic mass is 10.1. The van der Waals surface area contributed by atoms with Crippen LogP contribution >= 0.6 is 0 Å². The molecule has 0 saturated carbocycles. The number of aromatic amines is 1. The van der Waals surface area contributed by atoms with E-state index < -0.39 is 10.0 Å². The molecule has 0 aliphatic heterocycles. The van der Waals surface area contributed by atoms with Gasteiger partial charge in [0.15, 0.2) is 5.03 Å². The lowest BCUT2D eigenvalue weighted by Crippen LogP contribution is -2.28. The number of rotatable bonds is 10. The van der Waals surface area contributed by atoms with Crippen LogP contribution in [-0.2, 0) is 16.6 Å². The summed E-state index contributed by atoms with van der Waals surface area (Å²) in [7, 11) is -3.50. The number of hydrogen-bond acceptors (Lipinski definition) is 4. The topological polar surface area (TPSA) is 86.9 Å². The van der Waals surface area contributed by atoms with Gasteiger partial charge in [0.25, 0.3) is 10.0 Å².